The molecule has 4 aromatic heterocycles. The highest BCUT2D eigenvalue weighted by molar-refractivity contribution is 5.87. The van der Waals surface area contributed by atoms with Gasteiger partial charge in [0.25, 0.3) is 0 Å². The number of rotatable bonds is 3. The fourth-order valence-electron chi connectivity index (χ4n) is 3.38. The molecular formula is C22H13F3N6O. The van der Waals surface area contributed by atoms with Crippen molar-refractivity contribution in [2.45, 2.75) is 6.18 Å². The summed E-state index contributed by atoms with van der Waals surface area (Å²) in [4.78, 5) is 20.6. The number of hydrogen-bond acceptors (Lipinski definition) is 5. The first-order chi connectivity index (χ1) is 15.4. The van der Waals surface area contributed by atoms with Crippen molar-refractivity contribution in [1.82, 2.24) is 29.5 Å². The number of fused-ring (bicyclic) bond motifs is 1. The molecule has 0 unspecified atom stereocenters. The SMILES string of the molecule is O=c1ccn(-c2cncc(C(F)(F)F)c2)nc1-c1ccnn1-c1ccnc2ccccc12. The smallest absolute Gasteiger partial charge is 0.287 e. The van der Waals surface area contributed by atoms with Crippen molar-refractivity contribution in [3.63, 3.8) is 0 Å². The van der Waals surface area contributed by atoms with Crippen molar-refractivity contribution in [1.29, 1.82) is 0 Å². The number of aromatic nitrogens is 6. The summed E-state index contributed by atoms with van der Waals surface area (Å²) in [6, 6.07) is 13.0. The van der Waals surface area contributed by atoms with E-state index in [2.05, 4.69) is 20.2 Å². The lowest BCUT2D eigenvalue weighted by atomic mass is 10.2. The molecule has 5 aromatic rings. The Hall–Kier alpha value is -4.34. The standard InChI is InChI=1S/C22H13F3N6O/c23-22(24,25)14-11-15(13-26-12-14)30-10-7-20(32)21(29-30)19-6-9-28-31(19)18-5-8-27-17-4-2-1-3-16(17)18/h1-13H. The summed E-state index contributed by atoms with van der Waals surface area (Å²) in [6.07, 6.45) is 1.88. The van der Waals surface area contributed by atoms with E-state index in [4.69, 9.17) is 0 Å². The number of pyridine rings is 2. The summed E-state index contributed by atoms with van der Waals surface area (Å²) in [6.45, 7) is 0. The summed E-state index contributed by atoms with van der Waals surface area (Å²) in [7, 11) is 0. The highest BCUT2D eigenvalue weighted by Crippen LogP contribution is 2.29. The van der Waals surface area contributed by atoms with Crippen LogP contribution in [0.15, 0.2) is 84.3 Å². The van der Waals surface area contributed by atoms with Crippen LogP contribution in [0.2, 0.25) is 0 Å². The topological polar surface area (TPSA) is 78.5 Å². The van der Waals surface area contributed by atoms with Gasteiger partial charge in [0, 0.05) is 30.0 Å². The summed E-state index contributed by atoms with van der Waals surface area (Å²) < 4.78 is 42.0. The number of nitrogens with zero attached hydrogens (tertiary/aromatic N) is 6. The maximum absolute atomic E-state index is 13.1. The van der Waals surface area contributed by atoms with E-state index < -0.39 is 17.2 Å². The normalized spacial score (nSPS) is 11.7. The second-order valence-electron chi connectivity index (χ2n) is 6.88. The molecule has 0 bridgehead atoms. The average molecular weight is 434 g/mol. The second kappa shape index (κ2) is 7.41. The van der Waals surface area contributed by atoms with Crippen LogP contribution in [0.3, 0.4) is 0 Å². The Kier molecular flexibility index (Phi) is 4.54. The molecular weight excluding hydrogens is 421 g/mol. The number of alkyl halides is 3. The summed E-state index contributed by atoms with van der Waals surface area (Å²) in [5.41, 5.74) is 0.616. The first-order valence-corrected chi connectivity index (χ1v) is 9.43. The Morgan fingerprint density at radius 3 is 2.62 bits per heavy atom. The zero-order valence-corrected chi connectivity index (χ0v) is 16.2. The minimum atomic E-state index is -4.55. The maximum atomic E-state index is 13.1. The summed E-state index contributed by atoms with van der Waals surface area (Å²) in [5, 5.41) is 9.46. The highest BCUT2D eigenvalue weighted by Gasteiger charge is 2.31. The minimum Gasteiger partial charge on any atom is -0.287 e. The van der Waals surface area contributed by atoms with E-state index in [1.807, 2.05) is 24.3 Å². The van der Waals surface area contributed by atoms with Crippen LogP contribution < -0.4 is 5.43 Å². The van der Waals surface area contributed by atoms with Crippen LogP contribution in [-0.2, 0) is 6.18 Å². The van der Waals surface area contributed by atoms with Gasteiger partial charge in [-0.1, -0.05) is 18.2 Å². The van der Waals surface area contributed by atoms with Crippen LogP contribution in [0.25, 0.3) is 33.7 Å². The van der Waals surface area contributed by atoms with Crippen LogP contribution in [0.1, 0.15) is 5.56 Å². The molecule has 7 nitrogen and oxygen atoms in total. The Bertz CT molecular complexity index is 1500. The molecule has 0 spiro atoms. The Labute approximate surface area is 178 Å². The Balaban J connectivity index is 1.66. The average Bonchev–Trinajstić information content (AvgIpc) is 3.28. The lowest BCUT2D eigenvalue weighted by Crippen LogP contribution is -2.15. The molecule has 0 atom stereocenters. The maximum Gasteiger partial charge on any atom is 0.417 e. The molecule has 158 valence electrons. The Morgan fingerprint density at radius 1 is 0.938 bits per heavy atom. The van der Waals surface area contributed by atoms with Crippen molar-refractivity contribution in [3.8, 4) is 22.8 Å². The van der Waals surface area contributed by atoms with Gasteiger partial charge in [0.2, 0.25) is 5.43 Å². The second-order valence-corrected chi connectivity index (χ2v) is 6.88. The molecule has 0 aliphatic heterocycles. The lowest BCUT2D eigenvalue weighted by molar-refractivity contribution is -0.137. The molecule has 0 saturated heterocycles. The first-order valence-electron chi connectivity index (χ1n) is 9.43. The van der Waals surface area contributed by atoms with Crippen molar-refractivity contribution in [2.24, 2.45) is 0 Å². The van der Waals surface area contributed by atoms with Crippen molar-refractivity contribution in [3.05, 3.63) is 95.3 Å². The fraction of sp³-hybridized carbons (Fsp3) is 0.0455. The van der Waals surface area contributed by atoms with Crippen molar-refractivity contribution in [2.75, 3.05) is 0 Å². The van der Waals surface area contributed by atoms with Gasteiger partial charge in [-0.25, -0.2) is 9.36 Å². The number of para-hydroxylation sites is 1. The summed E-state index contributed by atoms with van der Waals surface area (Å²) >= 11 is 0. The molecule has 4 heterocycles. The third-order valence-electron chi connectivity index (χ3n) is 4.86. The van der Waals surface area contributed by atoms with Crippen molar-refractivity contribution < 1.29 is 13.2 Å². The Morgan fingerprint density at radius 2 is 1.78 bits per heavy atom. The monoisotopic (exact) mass is 434 g/mol. The molecule has 1 aromatic carbocycles. The van der Waals surface area contributed by atoms with Gasteiger partial charge in [-0.2, -0.15) is 23.4 Å². The lowest BCUT2D eigenvalue weighted by Gasteiger charge is -2.12. The van der Waals surface area contributed by atoms with Gasteiger partial charge in [-0.15, -0.1) is 0 Å². The molecule has 0 saturated carbocycles. The van der Waals surface area contributed by atoms with Crippen LogP contribution in [0, 0.1) is 0 Å². The van der Waals surface area contributed by atoms with Crippen LogP contribution in [-0.4, -0.2) is 29.5 Å². The van der Waals surface area contributed by atoms with Gasteiger partial charge in [-0.3, -0.25) is 14.8 Å². The van der Waals surface area contributed by atoms with Crippen molar-refractivity contribution >= 4 is 10.9 Å². The predicted octanol–water partition coefficient (Wildman–Crippen LogP) is 4.05. The van der Waals surface area contributed by atoms with E-state index in [0.717, 1.165) is 23.2 Å². The third kappa shape index (κ3) is 3.41. The zero-order chi connectivity index (χ0) is 22.3. The van der Waals surface area contributed by atoms with Gasteiger partial charge in [0.15, 0.2) is 5.69 Å². The third-order valence-corrected chi connectivity index (χ3v) is 4.86. The van der Waals surface area contributed by atoms with Gasteiger partial charge in [0.05, 0.1) is 40.5 Å². The van der Waals surface area contributed by atoms with E-state index in [0.29, 0.717) is 11.4 Å². The molecule has 10 heteroatoms. The molecule has 5 rings (SSSR count). The number of halogens is 3. The van der Waals surface area contributed by atoms with E-state index in [1.165, 1.54) is 29.3 Å². The van der Waals surface area contributed by atoms with E-state index >= 15 is 0 Å². The van der Waals surface area contributed by atoms with Gasteiger partial charge in [-0.05, 0) is 24.3 Å². The zero-order valence-electron chi connectivity index (χ0n) is 16.2. The van der Waals surface area contributed by atoms with E-state index in [1.54, 1.807) is 23.0 Å². The summed E-state index contributed by atoms with van der Waals surface area (Å²) in [5.74, 6) is 0. The minimum absolute atomic E-state index is 0.0308. The predicted molar refractivity (Wildman–Crippen MR) is 110 cm³/mol. The molecule has 0 aliphatic carbocycles. The van der Waals surface area contributed by atoms with Gasteiger partial charge >= 0.3 is 6.18 Å². The van der Waals surface area contributed by atoms with Crippen LogP contribution in [0.5, 0.6) is 0 Å². The highest BCUT2D eigenvalue weighted by atomic mass is 19.4. The van der Waals surface area contributed by atoms with E-state index in [-0.39, 0.29) is 11.4 Å². The first kappa shape index (κ1) is 19.6. The fourth-order valence-corrected chi connectivity index (χ4v) is 3.38. The molecule has 32 heavy (non-hydrogen) atoms. The molecule has 0 N–H and O–H groups in total. The molecule has 0 fully saturated rings. The van der Waals surface area contributed by atoms with Gasteiger partial charge < -0.3 is 0 Å². The molecule has 0 aliphatic rings. The quantitative estimate of drug-likeness (QED) is 0.428. The molecule has 0 amide bonds. The van der Waals surface area contributed by atoms with Gasteiger partial charge in [0.1, 0.15) is 0 Å². The number of hydrogen-bond donors (Lipinski definition) is 0. The molecule has 0 radical (unpaired) electrons. The number of benzene rings is 1. The van der Waals surface area contributed by atoms with E-state index in [9.17, 15) is 18.0 Å². The largest absolute Gasteiger partial charge is 0.417 e. The van der Waals surface area contributed by atoms with Crippen LogP contribution >= 0.6 is 0 Å². The van der Waals surface area contributed by atoms with Crippen LogP contribution in [0.4, 0.5) is 13.2 Å².